The van der Waals surface area contributed by atoms with Crippen LogP contribution in [-0.4, -0.2) is 50.3 Å². The van der Waals surface area contributed by atoms with Gasteiger partial charge in [-0.25, -0.2) is 4.67 Å². The van der Waals surface area contributed by atoms with Crippen molar-refractivity contribution in [3.8, 4) is 17.6 Å². The zero-order chi connectivity index (χ0) is 32.7. The molecule has 0 bridgehead atoms. The lowest BCUT2D eigenvalue weighted by Crippen LogP contribution is -2.38. The highest BCUT2D eigenvalue weighted by Gasteiger charge is 2.39. The molecule has 0 aromatic heterocycles. The smallest absolute Gasteiger partial charge is 0.259 e. The molecule has 244 valence electrons. The van der Waals surface area contributed by atoms with Crippen molar-refractivity contribution in [1.29, 1.82) is 5.26 Å². The van der Waals surface area contributed by atoms with Crippen LogP contribution < -0.4 is 9.47 Å². The Morgan fingerprint density at radius 2 is 1.31 bits per heavy atom. The zero-order valence-corrected chi connectivity index (χ0v) is 29.0. The van der Waals surface area contributed by atoms with Crippen molar-refractivity contribution in [3.63, 3.8) is 0 Å². The Bertz CT molecular complexity index is 1220. The standard InChI is InChI=1S/C37H51N2O5P/c1-8-9-11-17-36(44-45(43-27-14-26-38)39(29(2)3)30(4)5)28-42-37(31-15-12-10-13-16-31,32-18-22-34(40-6)23-19-32)33-20-24-35(41-7)25-21-33/h10,12-13,15-16,18-25,29-30,36H,8-9,11,14,17,27-28H2,1-7H3. The number of ether oxygens (including phenoxy) is 3. The van der Waals surface area contributed by atoms with E-state index in [0.29, 0.717) is 19.6 Å². The predicted molar refractivity (Wildman–Crippen MR) is 182 cm³/mol. The van der Waals surface area contributed by atoms with Gasteiger partial charge in [0.15, 0.2) is 0 Å². The Labute approximate surface area is 272 Å². The third-order valence-corrected chi connectivity index (χ3v) is 9.87. The maximum absolute atomic E-state index is 9.21. The summed E-state index contributed by atoms with van der Waals surface area (Å²) in [7, 11) is 1.92. The molecule has 0 heterocycles. The minimum absolute atomic E-state index is 0.206. The zero-order valence-electron chi connectivity index (χ0n) is 28.1. The maximum atomic E-state index is 9.21. The number of unbranched alkanes of at least 4 members (excludes halogenated alkanes) is 2. The average molecular weight is 635 g/mol. The molecule has 3 aromatic carbocycles. The molecule has 0 aliphatic carbocycles. The lowest BCUT2D eigenvalue weighted by molar-refractivity contribution is -0.0367. The number of benzene rings is 3. The second-order valence-electron chi connectivity index (χ2n) is 11.6. The van der Waals surface area contributed by atoms with Crippen molar-refractivity contribution in [2.75, 3.05) is 27.4 Å². The van der Waals surface area contributed by atoms with Crippen LogP contribution in [0, 0.1) is 11.3 Å². The third kappa shape index (κ3) is 10.0. The van der Waals surface area contributed by atoms with Gasteiger partial charge in [0, 0.05) is 12.1 Å². The molecule has 0 fully saturated rings. The lowest BCUT2D eigenvalue weighted by Gasteiger charge is -2.39. The SMILES string of the molecule is CCCCCC(COC(c1ccccc1)(c1ccc(OC)cc1)c1ccc(OC)cc1)OP(OCCC#N)N(C(C)C)C(C)C. The van der Waals surface area contributed by atoms with Gasteiger partial charge in [0.1, 0.15) is 17.1 Å². The molecular formula is C37H51N2O5P. The van der Waals surface area contributed by atoms with Crippen molar-refractivity contribution in [3.05, 3.63) is 95.6 Å². The van der Waals surface area contributed by atoms with Crippen LogP contribution in [0.1, 0.15) is 83.4 Å². The van der Waals surface area contributed by atoms with Gasteiger partial charge in [0.05, 0.1) is 46.0 Å². The second kappa shape index (κ2) is 18.9. The van der Waals surface area contributed by atoms with E-state index in [0.717, 1.165) is 53.9 Å². The summed E-state index contributed by atoms with van der Waals surface area (Å²) in [5.41, 5.74) is 2.02. The number of nitriles is 1. The number of hydrogen-bond acceptors (Lipinski definition) is 7. The summed E-state index contributed by atoms with van der Waals surface area (Å²) in [6.45, 7) is 11.5. The molecule has 2 unspecified atom stereocenters. The molecule has 7 nitrogen and oxygen atoms in total. The summed E-state index contributed by atoms with van der Waals surface area (Å²) >= 11 is 0. The van der Waals surface area contributed by atoms with Crippen LogP contribution in [0.5, 0.6) is 11.5 Å². The largest absolute Gasteiger partial charge is 0.497 e. The van der Waals surface area contributed by atoms with Crippen LogP contribution in [-0.2, 0) is 19.4 Å². The highest BCUT2D eigenvalue weighted by atomic mass is 31.2. The Kier molecular flexibility index (Phi) is 15.3. The number of nitrogens with zero attached hydrogens (tertiary/aromatic N) is 2. The fraction of sp³-hybridized carbons (Fsp3) is 0.486. The van der Waals surface area contributed by atoms with E-state index in [9.17, 15) is 5.26 Å². The van der Waals surface area contributed by atoms with Crippen LogP contribution in [0.2, 0.25) is 0 Å². The molecule has 0 saturated heterocycles. The van der Waals surface area contributed by atoms with Crippen LogP contribution in [0.3, 0.4) is 0 Å². The van der Waals surface area contributed by atoms with Crippen molar-refractivity contribution in [1.82, 2.24) is 4.67 Å². The first-order chi connectivity index (χ1) is 21.8. The first kappa shape index (κ1) is 36.5. The molecule has 0 amide bonds. The van der Waals surface area contributed by atoms with Gasteiger partial charge in [-0.2, -0.15) is 5.26 Å². The molecule has 0 saturated carbocycles. The third-order valence-electron chi connectivity index (χ3n) is 7.69. The minimum atomic E-state index is -1.43. The molecule has 3 rings (SSSR count). The molecule has 2 atom stereocenters. The molecule has 0 aliphatic heterocycles. The Balaban J connectivity index is 2.10. The molecule has 0 aliphatic rings. The average Bonchev–Trinajstić information content (AvgIpc) is 3.05. The summed E-state index contributed by atoms with van der Waals surface area (Å²) in [4.78, 5) is 0. The van der Waals surface area contributed by atoms with E-state index in [2.05, 4.69) is 81.8 Å². The summed E-state index contributed by atoms with van der Waals surface area (Å²) < 4.78 is 33.7. The van der Waals surface area contributed by atoms with Gasteiger partial charge < -0.3 is 23.3 Å². The Morgan fingerprint density at radius 3 is 1.78 bits per heavy atom. The second-order valence-corrected chi connectivity index (χ2v) is 13.0. The fourth-order valence-electron chi connectivity index (χ4n) is 5.50. The summed E-state index contributed by atoms with van der Waals surface area (Å²) in [6.07, 6.45) is 4.13. The van der Waals surface area contributed by atoms with Crippen molar-refractivity contribution in [2.24, 2.45) is 0 Å². The fourth-order valence-corrected chi connectivity index (χ4v) is 7.23. The molecule has 0 spiro atoms. The molecule has 45 heavy (non-hydrogen) atoms. The van der Waals surface area contributed by atoms with Gasteiger partial charge in [-0.15, -0.1) is 0 Å². The van der Waals surface area contributed by atoms with E-state index in [1.54, 1.807) is 14.2 Å². The van der Waals surface area contributed by atoms with E-state index >= 15 is 0 Å². The van der Waals surface area contributed by atoms with Gasteiger partial charge >= 0.3 is 0 Å². The van der Waals surface area contributed by atoms with Crippen LogP contribution in [0.4, 0.5) is 0 Å². The van der Waals surface area contributed by atoms with E-state index in [-0.39, 0.29) is 18.2 Å². The Morgan fingerprint density at radius 1 is 0.778 bits per heavy atom. The van der Waals surface area contributed by atoms with E-state index in [1.807, 2.05) is 42.5 Å². The highest BCUT2D eigenvalue weighted by molar-refractivity contribution is 7.44. The molecule has 0 N–H and O–H groups in total. The van der Waals surface area contributed by atoms with Crippen molar-refractivity contribution in [2.45, 2.75) is 90.5 Å². The van der Waals surface area contributed by atoms with Gasteiger partial charge in [-0.3, -0.25) is 0 Å². The van der Waals surface area contributed by atoms with E-state index in [4.69, 9.17) is 23.3 Å². The number of rotatable bonds is 20. The Hall–Kier alpha value is -2.98. The van der Waals surface area contributed by atoms with E-state index in [1.165, 1.54) is 0 Å². The highest BCUT2D eigenvalue weighted by Crippen LogP contribution is 2.48. The molecule has 8 heteroatoms. The maximum Gasteiger partial charge on any atom is 0.259 e. The normalized spacial score (nSPS) is 13.2. The number of hydrogen-bond donors (Lipinski definition) is 0. The molecule has 0 radical (unpaired) electrons. The van der Waals surface area contributed by atoms with Gasteiger partial charge in [0.25, 0.3) is 8.53 Å². The van der Waals surface area contributed by atoms with E-state index < -0.39 is 14.1 Å². The van der Waals surface area contributed by atoms with Crippen molar-refractivity contribution >= 4 is 8.53 Å². The quantitative estimate of drug-likeness (QED) is 0.0697. The summed E-state index contributed by atoms with van der Waals surface area (Å²) in [6, 6.07) is 29.1. The van der Waals surface area contributed by atoms with Gasteiger partial charge in [-0.05, 0) is 75.1 Å². The van der Waals surface area contributed by atoms with Gasteiger partial charge in [0.2, 0.25) is 0 Å². The van der Waals surface area contributed by atoms with Crippen LogP contribution in [0.25, 0.3) is 0 Å². The lowest BCUT2D eigenvalue weighted by atomic mass is 9.80. The molecule has 3 aromatic rings. The van der Waals surface area contributed by atoms with Crippen LogP contribution >= 0.6 is 8.53 Å². The first-order valence-corrected chi connectivity index (χ1v) is 17.2. The van der Waals surface area contributed by atoms with Crippen LogP contribution in [0.15, 0.2) is 78.9 Å². The molecular weight excluding hydrogens is 583 g/mol. The van der Waals surface area contributed by atoms with Crippen molar-refractivity contribution < 1.29 is 23.3 Å². The summed E-state index contributed by atoms with van der Waals surface area (Å²) in [5.74, 6) is 1.55. The number of methoxy groups -OCH3 is 2. The predicted octanol–water partition coefficient (Wildman–Crippen LogP) is 9.25. The monoisotopic (exact) mass is 634 g/mol. The first-order valence-electron chi connectivity index (χ1n) is 16.0. The summed E-state index contributed by atoms with van der Waals surface area (Å²) in [5, 5.41) is 9.21. The van der Waals surface area contributed by atoms with Gasteiger partial charge in [-0.1, -0.05) is 80.8 Å². The topological polar surface area (TPSA) is 73.2 Å². The minimum Gasteiger partial charge on any atom is -0.497 e.